The molecule has 2 aromatic carbocycles. The second-order valence-electron chi connectivity index (χ2n) is 5.96. The van der Waals surface area contributed by atoms with Gasteiger partial charge in [0.1, 0.15) is 0 Å². The molecule has 2 rings (SSSR count). The van der Waals surface area contributed by atoms with Crippen molar-refractivity contribution in [3.8, 4) is 0 Å². The molecule has 116 valence electrons. The predicted molar refractivity (Wildman–Crippen MR) is 98.9 cm³/mol. The molecular formula is C22H28. The molecule has 0 heterocycles. The van der Waals surface area contributed by atoms with Gasteiger partial charge in [0.15, 0.2) is 0 Å². The number of hydrogen-bond donors (Lipinski definition) is 0. The van der Waals surface area contributed by atoms with Crippen LogP contribution in [0.2, 0.25) is 0 Å². The van der Waals surface area contributed by atoms with Crippen molar-refractivity contribution in [3.05, 3.63) is 71.3 Å². The Morgan fingerprint density at radius 3 is 2.18 bits per heavy atom. The third-order valence-corrected chi connectivity index (χ3v) is 4.11. The van der Waals surface area contributed by atoms with Crippen molar-refractivity contribution in [3.63, 3.8) is 0 Å². The van der Waals surface area contributed by atoms with Gasteiger partial charge >= 0.3 is 0 Å². The number of unbranched alkanes of at least 4 members (excludes halogenated alkanes) is 5. The molecule has 0 bridgehead atoms. The van der Waals surface area contributed by atoms with E-state index in [9.17, 15) is 0 Å². The quantitative estimate of drug-likeness (QED) is 0.354. The van der Waals surface area contributed by atoms with Gasteiger partial charge in [0.05, 0.1) is 0 Å². The Morgan fingerprint density at radius 1 is 0.682 bits per heavy atom. The van der Waals surface area contributed by atoms with Gasteiger partial charge in [0, 0.05) is 0 Å². The van der Waals surface area contributed by atoms with Crippen molar-refractivity contribution in [1.29, 1.82) is 0 Å². The molecule has 0 aliphatic rings. The van der Waals surface area contributed by atoms with Crippen molar-refractivity contribution in [2.24, 2.45) is 0 Å². The zero-order valence-electron chi connectivity index (χ0n) is 13.8. The van der Waals surface area contributed by atoms with Crippen molar-refractivity contribution in [2.75, 3.05) is 0 Å². The van der Waals surface area contributed by atoms with Gasteiger partial charge in [0.25, 0.3) is 0 Å². The fraction of sp³-hybridized carbons (Fsp3) is 0.364. The SMILES string of the molecule is CCCCCCCCc1ccccc1C=Cc1ccccc1. The first-order valence-electron chi connectivity index (χ1n) is 8.71. The number of hydrogen-bond acceptors (Lipinski definition) is 0. The molecule has 0 fully saturated rings. The smallest absolute Gasteiger partial charge is 0.0224 e. The summed E-state index contributed by atoms with van der Waals surface area (Å²) in [6.07, 6.45) is 13.8. The van der Waals surface area contributed by atoms with E-state index in [0.29, 0.717) is 0 Å². The number of rotatable bonds is 9. The maximum atomic E-state index is 2.27. The van der Waals surface area contributed by atoms with Gasteiger partial charge < -0.3 is 0 Å². The first-order chi connectivity index (χ1) is 10.9. The van der Waals surface area contributed by atoms with E-state index in [4.69, 9.17) is 0 Å². The van der Waals surface area contributed by atoms with Crippen molar-refractivity contribution in [1.82, 2.24) is 0 Å². The first kappa shape index (κ1) is 16.5. The molecule has 0 amide bonds. The zero-order chi connectivity index (χ0) is 15.5. The lowest BCUT2D eigenvalue weighted by atomic mass is 9.99. The zero-order valence-corrected chi connectivity index (χ0v) is 13.8. The van der Waals surface area contributed by atoms with Crippen LogP contribution in [0.4, 0.5) is 0 Å². The third kappa shape index (κ3) is 5.89. The molecule has 0 aromatic heterocycles. The van der Waals surface area contributed by atoms with E-state index < -0.39 is 0 Å². The summed E-state index contributed by atoms with van der Waals surface area (Å²) in [5.74, 6) is 0. The Bertz CT molecular complexity index is 551. The molecule has 0 aliphatic carbocycles. The summed E-state index contributed by atoms with van der Waals surface area (Å²) in [6.45, 7) is 2.27. The Balaban J connectivity index is 1.88. The summed E-state index contributed by atoms with van der Waals surface area (Å²) in [6, 6.07) is 19.3. The van der Waals surface area contributed by atoms with Crippen LogP contribution in [-0.2, 0) is 6.42 Å². The minimum atomic E-state index is 1.20. The van der Waals surface area contributed by atoms with Gasteiger partial charge in [-0.1, -0.05) is 106 Å². The summed E-state index contributed by atoms with van der Waals surface area (Å²) in [4.78, 5) is 0. The number of aryl methyl sites for hydroxylation is 1. The molecule has 0 N–H and O–H groups in total. The Hall–Kier alpha value is -1.82. The van der Waals surface area contributed by atoms with Gasteiger partial charge in [-0.25, -0.2) is 0 Å². The average Bonchev–Trinajstić information content (AvgIpc) is 2.58. The maximum Gasteiger partial charge on any atom is -0.0224 e. The summed E-state index contributed by atoms with van der Waals surface area (Å²) >= 11 is 0. The summed E-state index contributed by atoms with van der Waals surface area (Å²) in [5.41, 5.74) is 4.10. The van der Waals surface area contributed by atoms with E-state index in [2.05, 4.69) is 73.7 Å². The summed E-state index contributed by atoms with van der Waals surface area (Å²) in [7, 11) is 0. The van der Waals surface area contributed by atoms with Crippen LogP contribution in [0, 0.1) is 0 Å². The van der Waals surface area contributed by atoms with Crippen molar-refractivity contribution < 1.29 is 0 Å². The fourth-order valence-corrected chi connectivity index (χ4v) is 2.77. The van der Waals surface area contributed by atoms with E-state index >= 15 is 0 Å². The van der Waals surface area contributed by atoms with Crippen molar-refractivity contribution >= 4 is 12.2 Å². The molecule has 0 radical (unpaired) electrons. The summed E-state index contributed by atoms with van der Waals surface area (Å²) in [5, 5.41) is 0. The second kappa shape index (κ2) is 10.00. The Labute approximate surface area is 135 Å². The van der Waals surface area contributed by atoms with Crippen LogP contribution < -0.4 is 0 Å². The van der Waals surface area contributed by atoms with Gasteiger partial charge in [-0.2, -0.15) is 0 Å². The molecule has 0 unspecified atom stereocenters. The first-order valence-corrected chi connectivity index (χ1v) is 8.71. The van der Waals surface area contributed by atoms with Crippen LogP contribution in [0.1, 0.15) is 62.1 Å². The van der Waals surface area contributed by atoms with E-state index in [0.717, 1.165) is 0 Å². The van der Waals surface area contributed by atoms with Gasteiger partial charge in [0.2, 0.25) is 0 Å². The number of benzene rings is 2. The molecule has 0 heteroatoms. The normalized spacial score (nSPS) is 11.1. The highest BCUT2D eigenvalue weighted by molar-refractivity contribution is 5.71. The molecule has 22 heavy (non-hydrogen) atoms. The average molecular weight is 292 g/mol. The van der Waals surface area contributed by atoms with Gasteiger partial charge in [-0.3, -0.25) is 0 Å². The van der Waals surface area contributed by atoms with E-state index in [1.165, 1.54) is 61.6 Å². The topological polar surface area (TPSA) is 0 Å². The van der Waals surface area contributed by atoms with Crippen LogP contribution in [0.25, 0.3) is 12.2 Å². The van der Waals surface area contributed by atoms with Crippen LogP contribution in [0.3, 0.4) is 0 Å². The van der Waals surface area contributed by atoms with Crippen LogP contribution in [0.5, 0.6) is 0 Å². The van der Waals surface area contributed by atoms with Crippen LogP contribution in [0.15, 0.2) is 54.6 Å². The molecule has 0 spiro atoms. The Kier molecular flexibility index (Phi) is 7.52. The minimum absolute atomic E-state index is 1.20. The van der Waals surface area contributed by atoms with Gasteiger partial charge in [-0.05, 0) is 29.5 Å². The minimum Gasteiger partial charge on any atom is -0.0654 e. The molecule has 0 atom stereocenters. The van der Waals surface area contributed by atoms with E-state index in [1.54, 1.807) is 0 Å². The Morgan fingerprint density at radius 2 is 1.36 bits per heavy atom. The van der Waals surface area contributed by atoms with E-state index in [1.807, 2.05) is 0 Å². The standard InChI is InChI=1S/C22H28/c1-2-3-4-5-6-10-15-21-16-11-12-17-22(21)19-18-20-13-8-7-9-14-20/h7-9,11-14,16-19H,2-6,10,15H2,1H3. The largest absolute Gasteiger partial charge is 0.0654 e. The highest BCUT2D eigenvalue weighted by Crippen LogP contribution is 2.17. The third-order valence-electron chi connectivity index (χ3n) is 4.11. The lowest BCUT2D eigenvalue weighted by Gasteiger charge is -2.06. The molecule has 0 nitrogen and oxygen atoms in total. The predicted octanol–water partition coefficient (Wildman–Crippen LogP) is 6.76. The van der Waals surface area contributed by atoms with Gasteiger partial charge in [-0.15, -0.1) is 0 Å². The lowest BCUT2D eigenvalue weighted by Crippen LogP contribution is -1.90. The second-order valence-corrected chi connectivity index (χ2v) is 5.96. The van der Waals surface area contributed by atoms with Crippen LogP contribution >= 0.6 is 0 Å². The highest BCUT2D eigenvalue weighted by Gasteiger charge is 1.99. The van der Waals surface area contributed by atoms with Crippen molar-refractivity contribution in [2.45, 2.75) is 51.9 Å². The monoisotopic (exact) mass is 292 g/mol. The highest BCUT2D eigenvalue weighted by atomic mass is 14.0. The maximum absolute atomic E-state index is 2.27. The van der Waals surface area contributed by atoms with E-state index in [-0.39, 0.29) is 0 Å². The molecule has 0 aliphatic heterocycles. The summed E-state index contributed by atoms with van der Waals surface area (Å²) < 4.78 is 0. The molecular weight excluding hydrogens is 264 g/mol. The lowest BCUT2D eigenvalue weighted by molar-refractivity contribution is 0.607. The molecule has 0 saturated carbocycles. The fourth-order valence-electron chi connectivity index (χ4n) is 2.77. The van der Waals surface area contributed by atoms with Crippen LogP contribution in [-0.4, -0.2) is 0 Å². The molecule has 0 saturated heterocycles. The molecule has 2 aromatic rings.